The van der Waals surface area contributed by atoms with E-state index in [-0.39, 0.29) is 10.8 Å². The minimum Gasteiger partial charge on any atom is -0.321 e. The maximum Gasteiger partial charge on any atom is 0.0473 e. The van der Waals surface area contributed by atoms with Crippen molar-refractivity contribution < 1.29 is 0 Å². The first-order chi connectivity index (χ1) is 19.1. The van der Waals surface area contributed by atoms with Crippen molar-refractivity contribution in [2.75, 3.05) is 4.90 Å². The molecule has 0 N–H and O–H groups in total. The van der Waals surface area contributed by atoms with E-state index in [0.29, 0.717) is 5.92 Å². The van der Waals surface area contributed by atoms with E-state index in [4.69, 9.17) is 0 Å². The molecule has 0 saturated carbocycles. The van der Waals surface area contributed by atoms with Gasteiger partial charge in [0.05, 0.1) is 0 Å². The lowest BCUT2D eigenvalue weighted by Crippen LogP contribution is -2.32. The summed E-state index contributed by atoms with van der Waals surface area (Å²) in [5.74, 6) is 0.486. The van der Waals surface area contributed by atoms with Crippen molar-refractivity contribution in [1.29, 1.82) is 0 Å². The predicted molar refractivity (Wildman–Crippen MR) is 178 cm³/mol. The average Bonchev–Trinajstić information content (AvgIpc) is 3.31. The molecule has 1 aliphatic heterocycles. The number of rotatable bonds is 5. The highest BCUT2D eigenvalue weighted by molar-refractivity contribution is 5.64. The van der Waals surface area contributed by atoms with E-state index in [2.05, 4.69) is 106 Å². The molecule has 2 heteroatoms. The third kappa shape index (κ3) is 6.59. The summed E-state index contributed by atoms with van der Waals surface area (Å²) in [6.07, 6.45) is 24.4. The van der Waals surface area contributed by atoms with E-state index in [0.717, 1.165) is 12.8 Å². The van der Waals surface area contributed by atoms with Gasteiger partial charge < -0.3 is 9.47 Å². The number of nitrogens with zero attached hydrogens (tertiary/aromatic N) is 2. The van der Waals surface area contributed by atoms with Crippen LogP contribution < -0.4 is 4.90 Å². The summed E-state index contributed by atoms with van der Waals surface area (Å²) in [7, 11) is 0. The van der Waals surface area contributed by atoms with Gasteiger partial charge in [-0.25, -0.2) is 0 Å². The third-order valence-corrected chi connectivity index (χ3v) is 8.88. The molecular weight excluding hydrogens is 484 g/mol. The highest BCUT2D eigenvalue weighted by Crippen LogP contribution is 2.46. The molecule has 0 spiro atoms. The zero-order valence-electron chi connectivity index (χ0n) is 27.3. The lowest BCUT2D eigenvalue weighted by Gasteiger charge is -2.41. The van der Waals surface area contributed by atoms with Crippen LogP contribution in [0.5, 0.6) is 0 Å². The van der Waals surface area contributed by atoms with Crippen LogP contribution in [0.3, 0.4) is 0 Å². The maximum absolute atomic E-state index is 2.48. The van der Waals surface area contributed by atoms with E-state index < -0.39 is 0 Å². The Labute approximate surface area is 246 Å². The Bertz CT molecular complexity index is 1240. The molecule has 2 aromatic rings. The number of allylic oxidation sites excluding steroid dienone is 7. The summed E-state index contributed by atoms with van der Waals surface area (Å²) in [5.41, 5.74) is 10.6. The number of fused-ring (bicyclic) bond motifs is 1. The molecule has 2 aliphatic carbocycles. The van der Waals surface area contributed by atoms with Crippen LogP contribution in [0.1, 0.15) is 118 Å². The molecule has 218 valence electrons. The zero-order chi connectivity index (χ0) is 29.5. The van der Waals surface area contributed by atoms with E-state index in [1.54, 1.807) is 5.56 Å². The molecule has 1 aromatic carbocycles. The Kier molecular flexibility index (Phi) is 10.9. The molecule has 2 nitrogen and oxygen atoms in total. The fraction of sp³-hybridized carbons (Fsp3) is 0.526. The first-order valence-electron chi connectivity index (χ1n) is 15.9. The van der Waals surface area contributed by atoms with Crippen molar-refractivity contribution in [2.24, 2.45) is 11.3 Å². The lowest BCUT2D eigenvalue weighted by atomic mass is 9.69. The van der Waals surface area contributed by atoms with Gasteiger partial charge in [0.15, 0.2) is 0 Å². The third-order valence-electron chi connectivity index (χ3n) is 8.88. The Morgan fingerprint density at radius 3 is 2.42 bits per heavy atom. The van der Waals surface area contributed by atoms with Gasteiger partial charge in [0.1, 0.15) is 0 Å². The first-order valence-corrected chi connectivity index (χ1v) is 15.9. The van der Waals surface area contributed by atoms with Crippen molar-refractivity contribution in [3.8, 4) is 5.69 Å². The molecule has 0 bridgehead atoms. The van der Waals surface area contributed by atoms with Gasteiger partial charge in [-0.3, -0.25) is 0 Å². The second-order valence-corrected chi connectivity index (χ2v) is 12.7. The molecule has 2 heterocycles. The molecule has 5 rings (SSSR count). The van der Waals surface area contributed by atoms with Crippen LogP contribution in [0.15, 0.2) is 78.3 Å². The molecule has 0 fully saturated rings. The van der Waals surface area contributed by atoms with Crippen LogP contribution in [0.4, 0.5) is 5.69 Å². The summed E-state index contributed by atoms with van der Waals surface area (Å²) < 4.78 is 2.48. The minimum absolute atomic E-state index is 0.268. The standard InChI is InChI=1S/C32H42N2.C4H8.C2H6/c1-7-18-31(3,4)27-17-20-33(28-15-9-8-14-26(27)28)24-12-10-13-25(21-24)34-22-23(2)30-29(34)16-11-19-32(30,5)6;1-3-4-2;1-2/h8,10,12-14,17,20-22,27H,7,9,11,15-16,18-19H2,1-6H3;3-4H,1-2H3;1-2H3/b;4-3-;. The Balaban J connectivity index is 0.000000677. The van der Waals surface area contributed by atoms with Gasteiger partial charge in [-0.05, 0) is 105 Å². The number of hydrogen-bond acceptors (Lipinski definition) is 1. The SMILES string of the molecule is C/C=C\C.CC.CCCC(C)(C)C1C=CN(c2cccc(-n3cc(C)c4c3CCCC4(C)C)c2)C2=C1C=CCC2. The molecule has 1 atom stereocenters. The quantitative estimate of drug-likeness (QED) is 0.342. The van der Waals surface area contributed by atoms with Crippen molar-refractivity contribution in [1.82, 2.24) is 4.57 Å². The van der Waals surface area contributed by atoms with Gasteiger partial charge in [-0.1, -0.05) is 91.3 Å². The van der Waals surface area contributed by atoms with Gasteiger partial charge in [-0.15, -0.1) is 0 Å². The Morgan fingerprint density at radius 2 is 1.75 bits per heavy atom. The van der Waals surface area contributed by atoms with Gasteiger partial charge in [0, 0.05) is 41.1 Å². The van der Waals surface area contributed by atoms with Crippen LogP contribution in [0, 0.1) is 18.3 Å². The van der Waals surface area contributed by atoms with Crippen LogP contribution in [-0.2, 0) is 11.8 Å². The second-order valence-electron chi connectivity index (χ2n) is 12.7. The van der Waals surface area contributed by atoms with Gasteiger partial charge >= 0.3 is 0 Å². The van der Waals surface area contributed by atoms with Crippen molar-refractivity contribution in [2.45, 2.75) is 120 Å². The Morgan fingerprint density at radius 1 is 1.05 bits per heavy atom. The molecule has 1 aromatic heterocycles. The summed E-state index contributed by atoms with van der Waals surface area (Å²) in [6, 6.07) is 9.19. The molecule has 0 saturated heterocycles. The topological polar surface area (TPSA) is 8.17 Å². The molecule has 3 aliphatic rings. The van der Waals surface area contributed by atoms with E-state index in [9.17, 15) is 0 Å². The number of aromatic nitrogens is 1. The van der Waals surface area contributed by atoms with Gasteiger partial charge in [0.2, 0.25) is 0 Å². The lowest BCUT2D eigenvalue weighted by molar-refractivity contribution is 0.264. The zero-order valence-corrected chi connectivity index (χ0v) is 27.3. The molecule has 1 unspecified atom stereocenters. The smallest absolute Gasteiger partial charge is 0.0473 e. The summed E-state index contributed by atoms with van der Waals surface area (Å²) >= 11 is 0. The van der Waals surface area contributed by atoms with Crippen LogP contribution >= 0.6 is 0 Å². The van der Waals surface area contributed by atoms with E-state index >= 15 is 0 Å². The number of aryl methyl sites for hydroxylation is 1. The monoisotopic (exact) mass is 540 g/mol. The fourth-order valence-corrected chi connectivity index (χ4v) is 7.00. The second kappa shape index (κ2) is 13.7. The number of benzene rings is 1. The molecule has 0 radical (unpaired) electrons. The maximum atomic E-state index is 2.48. The highest BCUT2D eigenvalue weighted by Gasteiger charge is 2.35. The number of anilines is 1. The average molecular weight is 541 g/mol. The number of hydrogen-bond donors (Lipinski definition) is 0. The highest BCUT2D eigenvalue weighted by atomic mass is 15.1. The molecular formula is C38H56N2. The summed E-state index contributed by atoms with van der Waals surface area (Å²) in [6.45, 7) is 22.3. The fourth-order valence-electron chi connectivity index (χ4n) is 7.00. The summed E-state index contributed by atoms with van der Waals surface area (Å²) in [4.78, 5) is 2.47. The first kappa shape index (κ1) is 31.8. The van der Waals surface area contributed by atoms with Crippen LogP contribution in [0.25, 0.3) is 5.69 Å². The normalized spacial score (nSPS) is 19.4. The van der Waals surface area contributed by atoms with E-state index in [1.807, 2.05) is 39.8 Å². The molecule has 0 amide bonds. The van der Waals surface area contributed by atoms with Gasteiger partial charge in [-0.2, -0.15) is 0 Å². The van der Waals surface area contributed by atoms with Gasteiger partial charge in [0.25, 0.3) is 0 Å². The van der Waals surface area contributed by atoms with Crippen molar-refractivity contribution >= 4 is 5.69 Å². The largest absolute Gasteiger partial charge is 0.321 e. The predicted octanol–water partition coefficient (Wildman–Crippen LogP) is 11.4. The van der Waals surface area contributed by atoms with E-state index in [1.165, 1.54) is 66.0 Å². The summed E-state index contributed by atoms with van der Waals surface area (Å²) in [5, 5.41) is 0. The minimum atomic E-state index is 0.268. The van der Waals surface area contributed by atoms with Crippen LogP contribution in [-0.4, -0.2) is 4.57 Å². The van der Waals surface area contributed by atoms with Crippen LogP contribution in [0.2, 0.25) is 0 Å². The molecule has 40 heavy (non-hydrogen) atoms. The Hall–Kier alpha value is -2.74. The van der Waals surface area contributed by atoms with Crippen molar-refractivity contribution in [3.05, 3.63) is 95.1 Å². The van der Waals surface area contributed by atoms with Crippen molar-refractivity contribution in [3.63, 3.8) is 0 Å².